The van der Waals surface area contributed by atoms with Crippen LogP contribution in [0.15, 0.2) is 6.33 Å². The second-order valence-corrected chi connectivity index (χ2v) is 6.63. The van der Waals surface area contributed by atoms with Crippen molar-refractivity contribution in [2.45, 2.75) is 59.1 Å². The van der Waals surface area contributed by atoms with E-state index in [-0.39, 0.29) is 0 Å². The van der Waals surface area contributed by atoms with Gasteiger partial charge in [0.15, 0.2) is 0 Å². The van der Waals surface area contributed by atoms with Gasteiger partial charge in [-0.25, -0.2) is 4.98 Å². The summed E-state index contributed by atoms with van der Waals surface area (Å²) < 4.78 is 7.70. The molecule has 2 atom stereocenters. The lowest BCUT2D eigenvalue weighted by Crippen LogP contribution is -2.35. The second kappa shape index (κ2) is 6.20. The van der Waals surface area contributed by atoms with Crippen LogP contribution in [0.4, 0.5) is 5.82 Å². The molecule has 0 bridgehead atoms. The Labute approximate surface area is 131 Å². The first-order chi connectivity index (χ1) is 10.5. The number of aryl methyl sites for hydroxylation is 1. The molecule has 1 saturated heterocycles. The summed E-state index contributed by atoms with van der Waals surface area (Å²) >= 11 is 0. The van der Waals surface area contributed by atoms with Crippen molar-refractivity contribution < 1.29 is 4.74 Å². The Morgan fingerprint density at radius 3 is 3.00 bits per heavy atom. The highest BCUT2D eigenvalue weighted by atomic mass is 16.5. The first kappa shape index (κ1) is 15.2. The van der Waals surface area contributed by atoms with E-state index in [9.17, 15) is 0 Å². The van der Waals surface area contributed by atoms with Crippen LogP contribution < -0.4 is 5.32 Å². The zero-order valence-corrected chi connectivity index (χ0v) is 13.8. The zero-order valence-electron chi connectivity index (χ0n) is 13.8. The highest BCUT2D eigenvalue weighted by Crippen LogP contribution is 2.25. The Hall–Kier alpha value is -1.69. The zero-order chi connectivity index (χ0) is 15.7. The molecule has 22 heavy (non-hydrogen) atoms. The highest BCUT2D eigenvalue weighted by Gasteiger charge is 2.24. The number of nitrogens with zero attached hydrogens (tertiary/aromatic N) is 4. The van der Waals surface area contributed by atoms with Gasteiger partial charge in [0.05, 0.1) is 6.10 Å². The quantitative estimate of drug-likeness (QED) is 0.941. The molecule has 1 fully saturated rings. The number of aromatic nitrogens is 4. The molecule has 3 rings (SSSR count). The Balaban J connectivity index is 1.80. The van der Waals surface area contributed by atoms with Gasteiger partial charge in [-0.15, -0.1) is 0 Å². The van der Waals surface area contributed by atoms with Crippen molar-refractivity contribution in [2.75, 3.05) is 11.9 Å². The van der Waals surface area contributed by atoms with E-state index in [1.165, 1.54) is 0 Å². The first-order valence-corrected chi connectivity index (χ1v) is 8.09. The SMILES string of the molecule is Cc1nc2ncnn2c(N[C@@H]2CCO[C@@H](CC(C)C)C2)c1C. The maximum absolute atomic E-state index is 5.90. The molecule has 1 aliphatic heterocycles. The molecular weight excluding hydrogens is 278 g/mol. The van der Waals surface area contributed by atoms with Crippen molar-refractivity contribution in [1.29, 1.82) is 0 Å². The van der Waals surface area contributed by atoms with Gasteiger partial charge < -0.3 is 10.1 Å². The molecule has 0 spiro atoms. The van der Waals surface area contributed by atoms with Crippen molar-refractivity contribution in [2.24, 2.45) is 5.92 Å². The van der Waals surface area contributed by atoms with Crippen molar-refractivity contribution in [3.63, 3.8) is 0 Å². The summed E-state index contributed by atoms with van der Waals surface area (Å²) in [5.41, 5.74) is 2.12. The van der Waals surface area contributed by atoms with Gasteiger partial charge in [0, 0.05) is 23.9 Å². The van der Waals surface area contributed by atoms with Gasteiger partial charge in [-0.05, 0) is 39.0 Å². The molecule has 0 saturated carbocycles. The fourth-order valence-corrected chi connectivity index (χ4v) is 3.10. The van der Waals surface area contributed by atoms with Gasteiger partial charge in [0.2, 0.25) is 0 Å². The number of rotatable bonds is 4. The smallest absolute Gasteiger partial charge is 0.254 e. The topological polar surface area (TPSA) is 64.3 Å². The molecule has 0 amide bonds. The molecule has 2 aromatic rings. The predicted octanol–water partition coefficient (Wildman–Crippen LogP) is 2.75. The highest BCUT2D eigenvalue weighted by molar-refractivity contribution is 5.52. The molecule has 0 aliphatic carbocycles. The van der Waals surface area contributed by atoms with Crippen molar-refractivity contribution in [1.82, 2.24) is 19.6 Å². The Morgan fingerprint density at radius 2 is 2.23 bits per heavy atom. The van der Waals surface area contributed by atoms with Gasteiger partial charge in [0.1, 0.15) is 12.1 Å². The van der Waals surface area contributed by atoms with Crippen molar-refractivity contribution in [3.8, 4) is 0 Å². The van der Waals surface area contributed by atoms with Gasteiger partial charge in [-0.2, -0.15) is 14.6 Å². The molecule has 120 valence electrons. The number of ether oxygens (including phenoxy) is 1. The summed E-state index contributed by atoms with van der Waals surface area (Å²) in [5.74, 6) is 2.32. The summed E-state index contributed by atoms with van der Waals surface area (Å²) in [5, 5.41) is 7.97. The average Bonchev–Trinajstić information content (AvgIpc) is 2.91. The fourth-order valence-electron chi connectivity index (χ4n) is 3.10. The van der Waals surface area contributed by atoms with Crippen LogP contribution in [-0.2, 0) is 4.74 Å². The van der Waals surface area contributed by atoms with Gasteiger partial charge in [-0.1, -0.05) is 13.8 Å². The maximum atomic E-state index is 5.90. The predicted molar refractivity (Wildman–Crippen MR) is 86.1 cm³/mol. The van der Waals surface area contributed by atoms with E-state index in [0.717, 1.165) is 42.9 Å². The Bertz CT molecular complexity index is 651. The molecule has 6 heteroatoms. The summed E-state index contributed by atoms with van der Waals surface area (Å²) in [6.45, 7) is 9.40. The van der Waals surface area contributed by atoms with E-state index in [0.29, 0.717) is 23.8 Å². The molecule has 0 unspecified atom stereocenters. The minimum atomic E-state index is 0.348. The van der Waals surface area contributed by atoms with Crippen LogP contribution in [-0.4, -0.2) is 38.3 Å². The van der Waals surface area contributed by atoms with E-state index >= 15 is 0 Å². The lowest BCUT2D eigenvalue weighted by Gasteiger charge is -2.32. The fraction of sp³-hybridized carbons (Fsp3) is 0.688. The minimum absolute atomic E-state index is 0.348. The molecule has 6 nitrogen and oxygen atoms in total. The third-order valence-electron chi connectivity index (χ3n) is 4.35. The number of hydrogen-bond donors (Lipinski definition) is 1. The van der Waals surface area contributed by atoms with Crippen molar-refractivity contribution >= 4 is 11.6 Å². The third kappa shape index (κ3) is 3.06. The van der Waals surface area contributed by atoms with E-state index < -0.39 is 0 Å². The monoisotopic (exact) mass is 303 g/mol. The molecule has 3 heterocycles. The molecule has 0 radical (unpaired) electrons. The van der Waals surface area contributed by atoms with Crippen LogP contribution in [0.5, 0.6) is 0 Å². The lowest BCUT2D eigenvalue weighted by molar-refractivity contribution is -0.000613. The summed E-state index contributed by atoms with van der Waals surface area (Å²) in [7, 11) is 0. The lowest BCUT2D eigenvalue weighted by atomic mass is 9.96. The number of nitrogens with one attached hydrogen (secondary N) is 1. The van der Waals surface area contributed by atoms with Gasteiger partial charge in [0.25, 0.3) is 5.78 Å². The van der Waals surface area contributed by atoms with E-state index in [2.05, 4.69) is 41.2 Å². The normalized spacial score (nSPS) is 22.4. The third-order valence-corrected chi connectivity index (χ3v) is 4.35. The largest absolute Gasteiger partial charge is 0.378 e. The molecule has 1 N–H and O–H groups in total. The van der Waals surface area contributed by atoms with Crippen LogP contribution in [0, 0.1) is 19.8 Å². The number of fused-ring (bicyclic) bond motifs is 1. The Kier molecular flexibility index (Phi) is 4.29. The maximum Gasteiger partial charge on any atom is 0.254 e. The van der Waals surface area contributed by atoms with E-state index in [1.807, 2.05) is 6.92 Å². The van der Waals surface area contributed by atoms with E-state index in [4.69, 9.17) is 4.74 Å². The van der Waals surface area contributed by atoms with Crippen LogP contribution in [0.2, 0.25) is 0 Å². The van der Waals surface area contributed by atoms with Gasteiger partial charge >= 0.3 is 0 Å². The number of anilines is 1. The minimum Gasteiger partial charge on any atom is -0.378 e. The summed E-state index contributed by atoms with van der Waals surface area (Å²) in [6.07, 6.45) is 5.07. The number of hydrogen-bond acceptors (Lipinski definition) is 5. The molecule has 2 aromatic heterocycles. The average molecular weight is 303 g/mol. The molecular formula is C16H25N5O. The Morgan fingerprint density at radius 1 is 1.41 bits per heavy atom. The van der Waals surface area contributed by atoms with Crippen molar-refractivity contribution in [3.05, 3.63) is 17.6 Å². The van der Waals surface area contributed by atoms with Crippen LogP contribution in [0.1, 0.15) is 44.4 Å². The second-order valence-electron chi connectivity index (χ2n) is 6.63. The standard InChI is InChI=1S/C16H25N5O/c1-10(2)7-14-8-13(5-6-22-14)20-15-11(3)12(4)19-16-17-9-18-21(15)16/h9-10,13-14,20H,5-8H2,1-4H3/t13-,14+/m1/s1. The van der Waals surface area contributed by atoms with Crippen LogP contribution in [0.25, 0.3) is 5.78 Å². The first-order valence-electron chi connectivity index (χ1n) is 8.09. The van der Waals surface area contributed by atoms with Crippen LogP contribution in [0.3, 0.4) is 0 Å². The van der Waals surface area contributed by atoms with E-state index in [1.54, 1.807) is 10.8 Å². The summed E-state index contributed by atoms with van der Waals surface area (Å²) in [4.78, 5) is 8.67. The van der Waals surface area contributed by atoms with Crippen LogP contribution >= 0.6 is 0 Å². The molecule has 1 aliphatic rings. The van der Waals surface area contributed by atoms with Gasteiger partial charge in [-0.3, -0.25) is 0 Å². The summed E-state index contributed by atoms with van der Waals surface area (Å²) in [6, 6.07) is 0.408. The molecule has 0 aromatic carbocycles.